The van der Waals surface area contributed by atoms with Gasteiger partial charge in [-0.3, -0.25) is 0 Å². The van der Waals surface area contributed by atoms with E-state index in [1.807, 2.05) is 13.1 Å². The second kappa shape index (κ2) is 7.06. The Hall–Kier alpha value is -1.67. The molecule has 0 radical (unpaired) electrons. The predicted molar refractivity (Wildman–Crippen MR) is 89.8 cm³/mol. The predicted octanol–water partition coefficient (Wildman–Crippen LogP) is 4.64. The van der Waals surface area contributed by atoms with E-state index in [0.29, 0.717) is 11.8 Å². The molecule has 0 fully saturated rings. The van der Waals surface area contributed by atoms with Gasteiger partial charge < -0.3 is 5.32 Å². The first-order valence-electron chi connectivity index (χ1n) is 8.26. The molecular formula is C20H24FN. The fourth-order valence-electron chi connectivity index (χ4n) is 3.79. The van der Waals surface area contributed by atoms with Crippen LogP contribution in [0.2, 0.25) is 0 Å². The molecule has 0 aromatic heterocycles. The van der Waals surface area contributed by atoms with Gasteiger partial charge in [0.2, 0.25) is 0 Å². The lowest BCUT2D eigenvalue weighted by molar-refractivity contribution is 0.459. The Morgan fingerprint density at radius 1 is 1.18 bits per heavy atom. The highest BCUT2D eigenvalue weighted by Gasteiger charge is 2.24. The molecule has 0 aliphatic heterocycles. The van der Waals surface area contributed by atoms with Crippen molar-refractivity contribution in [3.8, 4) is 0 Å². The van der Waals surface area contributed by atoms with Gasteiger partial charge in [-0.2, -0.15) is 0 Å². The summed E-state index contributed by atoms with van der Waals surface area (Å²) in [5, 5.41) is 3.28. The van der Waals surface area contributed by atoms with Crippen LogP contribution in [0.15, 0.2) is 48.5 Å². The van der Waals surface area contributed by atoms with Crippen molar-refractivity contribution < 1.29 is 4.39 Å². The number of hydrogen-bond acceptors (Lipinski definition) is 1. The normalized spacial score (nSPS) is 18.7. The van der Waals surface area contributed by atoms with E-state index >= 15 is 0 Å². The highest BCUT2D eigenvalue weighted by Crippen LogP contribution is 2.38. The maximum Gasteiger partial charge on any atom is 0.123 e. The van der Waals surface area contributed by atoms with Gasteiger partial charge >= 0.3 is 0 Å². The Morgan fingerprint density at radius 3 is 2.86 bits per heavy atom. The van der Waals surface area contributed by atoms with Crippen molar-refractivity contribution in [3.63, 3.8) is 0 Å². The number of nitrogens with one attached hydrogen (secondary N) is 1. The number of hydrogen-bond donors (Lipinski definition) is 1. The fraction of sp³-hybridized carbons (Fsp3) is 0.400. The van der Waals surface area contributed by atoms with Crippen LogP contribution in [0.25, 0.3) is 0 Å². The van der Waals surface area contributed by atoms with Crippen LogP contribution in [-0.4, -0.2) is 13.6 Å². The lowest BCUT2D eigenvalue weighted by Crippen LogP contribution is -2.21. The Kier molecular flexibility index (Phi) is 4.89. The number of likely N-dealkylation sites (N-methyl/N-ethyl adjacent to an activating group) is 1. The van der Waals surface area contributed by atoms with Crippen LogP contribution < -0.4 is 5.32 Å². The minimum atomic E-state index is -0.136. The lowest BCUT2D eigenvalue weighted by atomic mass is 9.77. The minimum absolute atomic E-state index is 0.136. The molecule has 0 saturated heterocycles. The first kappa shape index (κ1) is 15.2. The monoisotopic (exact) mass is 297 g/mol. The lowest BCUT2D eigenvalue weighted by Gasteiger charge is -2.29. The van der Waals surface area contributed by atoms with Gasteiger partial charge in [0, 0.05) is 6.54 Å². The third kappa shape index (κ3) is 3.38. The summed E-state index contributed by atoms with van der Waals surface area (Å²) in [5.74, 6) is 0.811. The zero-order valence-electron chi connectivity index (χ0n) is 13.2. The number of halogens is 1. The second-order valence-electron chi connectivity index (χ2n) is 6.33. The summed E-state index contributed by atoms with van der Waals surface area (Å²) >= 11 is 0. The van der Waals surface area contributed by atoms with Crippen molar-refractivity contribution >= 4 is 0 Å². The van der Waals surface area contributed by atoms with Crippen LogP contribution >= 0.6 is 0 Å². The van der Waals surface area contributed by atoms with E-state index < -0.39 is 0 Å². The van der Waals surface area contributed by atoms with E-state index in [9.17, 15) is 4.39 Å². The Morgan fingerprint density at radius 2 is 2.05 bits per heavy atom. The molecule has 2 unspecified atom stereocenters. The summed E-state index contributed by atoms with van der Waals surface area (Å²) in [5.41, 5.74) is 4.12. The second-order valence-corrected chi connectivity index (χ2v) is 6.33. The van der Waals surface area contributed by atoms with Crippen molar-refractivity contribution in [1.82, 2.24) is 5.32 Å². The first-order valence-corrected chi connectivity index (χ1v) is 8.26. The van der Waals surface area contributed by atoms with Gasteiger partial charge in [-0.25, -0.2) is 4.39 Å². The van der Waals surface area contributed by atoms with E-state index in [0.717, 1.165) is 18.5 Å². The van der Waals surface area contributed by atoms with Crippen LogP contribution in [0.1, 0.15) is 47.8 Å². The molecule has 3 rings (SSSR count). The average molecular weight is 297 g/mol. The summed E-state index contributed by atoms with van der Waals surface area (Å²) in [6.07, 6.45) is 4.79. The third-order valence-corrected chi connectivity index (χ3v) is 4.83. The third-order valence-electron chi connectivity index (χ3n) is 4.83. The Balaban J connectivity index is 1.83. The molecule has 2 atom stereocenters. The zero-order valence-corrected chi connectivity index (χ0v) is 13.2. The maximum atomic E-state index is 13.6. The van der Waals surface area contributed by atoms with E-state index in [2.05, 4.69) is 35.6 Å². The van der Waals surface area contributed by atoms with Crippen LogP contribution in [0.4, 0.5) is 4.39 Å². The summed E-state index contributed by atoms with van der Waals surface area (Å²) < 4.78 is 13.6. The van der Waals surface area contributed by atoms with Gasteiger partial charge in [-0.15, -0.1) is 0 Å². The maximum absolute atomic E-state index is 13.6. The number of benzene rings is 2. The smallest absolute Gasteiger partial charge is 0.123 e. The molecule has 116 valence electrons. The summed E-state index contributed by atoms with van der Waals surface area (Å²) in [7, 11) is 1.97. The molecule has 1 nitrogen and oxygen atoms in total. The molecule has 2 heteroatoms. The fourth-order valence-corrected chi connectivity index (χ4v) is 3.79. The zero-order chi connectivity index (χ0) is 15.4. The molecular weight excluding hydrogens is 273 g/mol. The van der Waals surface area contributed by atoms with Crippen LogP contribution in [-0.2, 0) is 6.42 Å². The van der Waals surface area contributed by atoms with Gasteiger partial charge in [0.15, 0.2) is 0 Å². The SMILES string of the molecule is CNCC(CC1CCCc2ccccc21)c1cccc(F)c1. The average Bonchev–Trinajstić information content (AvgIpc) is 2.55. The van der Waals surface area contributed by atoms with E-state index in [1.165, 1.54) is 36.5 Å². The first-order chi connectivity index (χ1) is 10.8. The van der Waals surface area contributed by atoms with Crippen LogP contribution in [0.3, 0.4) is 0 Å². The number of fused-ring (bicyclic) bond motifs is 1. The molecule has 1 aliphatic carbocycles. The Bertz CT molecular complexity index is 623. The van der Waals surface area contributed by atoms with E-state index in [1.54, 1.807) is 6.07 Å². The van der Waals surface area contributed by atoms with Crippen molar-refractivity contribution in [1.29, 1.82) is 0 Å². The van der Waals surface area contributed by atoms with Crippen molar-refractivity contribution in [2.45, 2.75) is 37.5 Å². The molecule has 22 heavy (non-hydrogen) atoms. The van der Waals surface area contributed by atoms with Gasteiger partial charge in [0.1, 0.15) is 5.82 Å². The van der Waals surface area contributed by atoms with E-state index in [4.69, 9.17) is 0 Å². The molecule has 1 N–H and O–H groups in total. The van der Waals surface area contributed by atoms with E-state index in [-0.39, 0.29) is 5.82 Å². The summed E-state index contributed by atoms with van der Waals surface area (Å²) in [6, 6.07) is 15.9. The molecule has 2 aromatic rings. The number of aryl methyl sites for hydroxylation is 1. The molecule has 0 saturated carbocycles. The highest BCUT2D eigenvalue weighted by molar-refractivity contribution is 5.33. The molecule has 0 bridgehead atoms. The molecule has 2 aromatic carbocycles. The van der Waals surface area contributed by atoms with Crippen LogP contribution in [0.5, 0.6) is 0 Å². The summed E-state index contributed by atoms with van der Waals surface area (Å²) in [4.78, 5) is 0. The molecule has 0 amide bonds. The standard InChI is InChI=1S/C20H24FN/c1-22-14-18(16-8-5-10-19(21)13-16)12-17-9-4-7-15-6-2-3-11-20(15)17/h2-3,5-6,8,10-11,13,17-18,22H,4,7,9,12,14H2,1H3. The largest absolute Gasteiger partial charge is 0.319 e. The van der Waals surface area contributed by atoms with Gasteiger partial charge in [-0.1, -0.05) is 36.4 Å². The molecule has 1 aliphatic rings. The molecule has 0 spiro atoms. The Labute approximate surface area is 132 Å². The van der Waals surface area contributed by atoms with Gasteiger partial charge in [0.25, 0.3) is 0 Å². The van der Waals surface area contributed by atoms with Crippen molar-refractivity contribution in [2.24, 2.45) is 0 Å². The number of rotatable bonds is 5. The minimum Gasteiger partial charge on any atom is -0.319 e. The summed E-state index contributed by atoms with van der Waals surface area (Å²) in [6.45, 7) is 0.891. The van der Waals surface area contributed by atoms with Crippen molar-refractivity contribution in [2.75, 3.05) is 13.6 Å². The van der Waals surface area contributed by atoms with Crippen molar-refractivity contribution in [3.05, 3.63) is 71.0 Å². The molecule has 0 heterocycles. The van der Waals surface area contributed by atoms with Crippen LogP contribution in [0, 0.1) is 5.82 Å². The van der Waals surface area contributed by atoms with Gasteiger partial charge in [-0.05, 0) is 73.4 Å². The van der Waals surface area contributed by atoms with Gasteiger partial charge in [0.05, 0.1) is 0 Å². The topological polar surface area (TPSA) is 12.0 Å². The quantitative estimate of drug-likeness (QED) is 0.848. The highest BCUT2D eigenvalue weighted by atomic mass is 19.1.